The van der Waals surface area contributed by atoms with Gasteiger partial charge in [0.1, 0.15) is 6.10 Å². The van der Waals surface area contributed by atoms with E-state index in [1.54, 1.807) is 0 Å². The molecule has 0 radical (unpaired) electrons. The van der Waals surface area contributed by atoms with Crippen LogP contribution in [0.15, 0.2) is 24.3 Å². The molecule has 2 nitrogen and oxygen atoms in total. The van der Waals surface area contributed by atoms with Crippen molar-refractivity contribution < 1.29 is 9.53 Å². The summed E-state index contributed by atoms with van der Waals surface area (Å²) >= 11 is 0. The highest BCUT2D eigenvalue weighted by molar-refractivity contribution is 5.71. The SMILES string of the molecule is Cc1ccccc1[C@@H]1CCC(=O)O1. The minimum Gasteiger partial charge on any atom is -0.457 e. The summed E-state index contributed by atoms with van der Waals surface area (Å²) in [6.45, 7) is 2.04. The molecule has 1 aliphatic heterocycles. The average molecular weight is 176 g/mol. The number of esters is 1. The first-order chi connectivity index (χ1) is 6.27. The third-order valence-electron chi connectivity index (χ3n) is 2.42. The first kappa shape index (κ1) is 8.30. The molecular formula is C11H12O2. The van der Waals surface area contributed by atoms with Crippen LogP contribution in [0.4, 0.5) is 0 Å². The van der Waals surface area contributed by atoms with Crippen molar-refractivity contribution >= 4 is 5.97 Å². The Bertz CT molecular complexity index is 331. The second-order valence-corrected chi connectivity index (χ2v) is 3.37. The Labute approximate surface area is 77.5 Å². The molecule has 0 unspecified atom stereocenters. The zero-order chi connectivity index (χ0) is 9.26. The maximum absolute atomic E-state index is 10.9. The number of rotatable bonds is 1. The molecule has 0 saturated carbocycles. The van der Waals surface area contributed by atoms with Crippen LogP contribution < -0.4 is 0 Å². The minimum absolute atomic E-state index is 0.00583. The largest absolute Gasteiger partial charge is 0.457 e. The van der Waals surface area contributed by atoms with Crippen LogP contribution >= 0.6 is 0 Å². The van der Waals surface area contributed by atoms with Gasteiger partial charge in [-0.3, -0.25) is 4.79 Å². The fourth-order valence-corrected chi connectivity index (χ4v) is 1.69. The summed E-state index contributed by atoms with van der Waals surface area (Å²) in [6, 6.07) is 8.05. The molecule has 1 saturated heterocycles. The maximum Gasteiger partial charge on any atom is 0.306 e. The van der Waals surface area contributed by atoms with Crippen molar-refractivity contribution in [2.75, 3.05) is 0 Å². The lowest BCUT2D eigenvalue weighted by molar-refractivity contribution is -0.141. The van der Waals surface area contributed by atoms with E-state index in [2.05, 4.69) is 0 Å². The topological polar surface area (TPSA) is 26.3 Å². The highest BCUT2D eigenvalue weighted by Crippen LogP contribution is 2.30. The van der Waals surface area contributed by atoms with Gasteiger partial charge in [-0.25, -0.2) is 0 Å². The van der Waals surface area contributed by atoms with Crippen LogP contribution in [0.2, 0.25) is 0 Å². The zero-order valence-electron chi connectivity index (χ0n) is 7.62. The normalized spacial score (nSPS) is 21.6. The quantitative estimate of drug-likeness (QED) is 0.614. The highest BCUT2D eigenvalue weighted by Gasteiger charge is 2.25. The molecule has 0 aromatic heterocycles. The molecule has 1 aliphatic rings. The smallest absolute Gasteiger partial charge is 0.306 e. The van der Waals surface area contributed by atoms with E-state index >= 15 is 0 Å². The first-order valence-electron chi connectivity index (χ1n) is 4.52. The molecule has 1 atom stereocenters. The second-order valence-electron chi connectivity index (χ2n) is 3.37. The fraction of sp³-hybridized carbons (Fsp3) is 0.364. The molecule has 1 aromatic carbocycles. The van der Waals surface area contributed by atoms with Crippen molar-refractivity contribution in [2.45, 2.75) is 25.9 Å². The van der Waals surface area contributed by atoms with Gasteiger partial charge in [-0.2, -0.15) is 0 Å². The van der Waals surface area contributed by atoms with Gasteiger partial charge < -0.3 is 4.74 Å². The Kier molecular flexibility index (Phi) is 2.05. The second kappa shape index (κ2) is 3.21. The van der Waals surface area contributed by atoms with E-state index in [1.165, 1.54) is 5.56 Å². The molecule has 0 spiro atoms. The molecular weight excluding hydrogens is 164 g/mol. The van der Waals surface area contributed by atoms with Gasteiger partial charge in [0.05, 0.1) is 0 Å². The number of benzene rings is 1. The Balaban J connectivity index is 2.26. The van der Waals surface area contributed by atoms with Gasteiger partial charge in [0.2, 0.25) is 0 Å². The Hall–Kier alpha value is -1.31. The highest BCUT2D eigenvalue weighted by atomic mass is 16.5. The van der Waals surface area contributed by atoms with Gasteiger partial charge in [-0.05, 0) is 24.5 Å². The lowest BCUT2D eigenvalue weighted by atomic mass is 10.0. The van der Waals surface area contributed by atoms with E-state index in [-0.39, 0.29) is 12.1 Å². The number of ether oxygens (including phenoxy) is 1. The number of hydrogen-bond acceptors (Lipinski definition) is 2. The molecule has 2 heteroatoms. The van der Waals surface area contributed by atoms with Crippen molar-refractivity contribution in [1.82, 2.24) is 0 Å². The van der Waals surface area contributed by atoms with Crippen molar-refractivity contribution in [3.63, 3.8) is 0 Å². The van der Waals surface area contributed by atoms with Gasteiger partial charge in [-0.1, -0.05) is 24.3 Å². The molecule has 0 N–H and O–H groups in total. The number of aryl methyl sites for hydroxylation is 1. The minimum atomic E-state index is -0.0757. The van der Waals surface area contributed by atoms with E-state index in [0.29, 0.717) is 6.42 Å². The summed E-state index contributed by atoms with van der Waals surface area (Å²) in [7, 11) is 0. The maximum atomic E-state index is 10.9. The Morgan fingerprint density at radius 2 is 2.15 bits per heavy atom. The van der Waals surface area contributed by atoms with Crippen molar-refractivity contribution in [3.05, 3.63) is 35.4 Å². The summed E-state index contributed by atoms with van der Waals surface area (Å²) in [5.74, 6) is -0.0757. The summed E-state index contributed by atoms with van der Waals surface area (Å²) in [5.41, 5.74) is 2.34. The van der Waals surface area contributed by atoms with Gasteiger partial charge >= 0.3 is 5.97 Å². The van der Waals surface area contributed by atoms with Crippen LogP contribution in [-0.2, 0) is 9.53 Å². The fourth-order valence-electron chi connectivity index (χ4n) is 1.69. The third kappa shape index (κ3) is 1.57. The first-order valence-corrected chi connectivity index (χ1v) is 4.52. The number of carbonyl (C=O) groups excluding carboxylic acids is 1. The lowest BCUT2D eigenvalue weighted by Gasteiger charge is -2.11. The molecule has 2 rings (SSSR count). The van der Waals surface area contributed by atoms with Gasteiger partial charge in [0, 0.05) is 6.42 Å². The number of carbonyl (C=O) groups is 1. The van der Waals surface area contributed by atoms with E-state index in [0.717, 1.165) is 12.0 Å². The molecule has 0 amide bonds. The van der Waals surface area contributed by atoms with Crippen LogP contribution in [-0.4, -0.2) is 5.97 Å². The average Bonchev–Trinajstić information content (AvgIpc) is 2.53. The molecule has 1 aromatic rings. The summed E-state index contributed by atoms with van der Waals surface area (Å²) in [4.78, 5) is 10.9. The summed E-state index contributed by atoms with van der Waals surface area (Å²) in [5, 5.41) is 0. The lowest BCUT2D eigenvalue weighted by Crippen LogP contribution is -2.00. The zero-order valence-corrected chi connectivity index (χ0v) is 7.62. The van der Waals surface area contributed by atoms with Crippen molar-refractivity contribution in [2.24, 2.45) is 0 Å². The number of hydrogen-bond donors (Lipinski definition) is 0. The molecule has 13 heavy (non-hydrogen) atoms. The molecule has 1 fully saturated rings. The van der Waals surface area contributed by atoms with Crippen molar-refractivity contribution in [1.29, 1.82) is 0 Å². The predicted molar refractivity (Wildman–Crippen MR) is 49.2 cm³/mol. The Morgan fingerprint density at radius 3 is 2.77 bits per heavy atom. The van der Waals surface area contributed by atoms with Crippen LogP contribution in [0.1, 0.15) is 30.1 Å². The van der Waals surface area contributed by atoms with Crippen LogP contribution in [0, 0.1) is 6.92 Å². The molecule has 1 heterocycles. The Morgan fingerprint density at radius 1 is 1.38 bits per heavy atom. The summed E-state index contributed by atoms with van der Waals surface area (Å²) < 4.78 is 5.19. The standard InChI is InChI=1S/C11H12O2/c1-8-4-2-3-5-9(8)10-6-7-11(12)13-10/h2-5,10H,6-7H2,1H3/t10-/m0/s1. The van der Waals surface area contributed by atoms with Crippen LogP contribution in [0.5, 0.6) is 0 Å². The molecule has 68 valence electrons. The monoisotopic (exact) mass is 176 g/mol. The van der Waals surface area contributed by atoms with E-state index in [1.807, 2.05) is 31.2 Å². The van der Waals surface area contributed by atoms with Gasteiger partial charge in [-0.15, -0.1) is 0 Å². The molecule has 0 aliphatic carbocycles. The predicted octanol–water partition coefficient (Wildman–Crippen LogP) is 2.37. The number of cyclic esters (lactones) is 1. The van der Waals surface area contributed by atoms with Crippen LogP contribution in [0.25, 0.3) is 0 Å². The third-order valence-corrected chi connectivity index (χ3v) is 2.42. The van der Waals surface area contributed by atoms with E-state index < -0.39 is 0 Å². The summed E-state index contributed by atoms with van der Waals surface area (Å²) in [6.07, 6.45) is 1.37. The van der Waals surface area contributed by atoms with Crippen molar-refractivity contribution in [3.8, 4) is 0 Å². The van der Waals surface area contributed by atoms with Gasteiger partial charge in [0.15, 0.2) is 0 Å². The van der Waals surface area contributed by atoms with Crippen LogP contribution in [0.3, 0.4) is 0 Å². The van der Waals surface area contributed by atoms with Gasteiger partial charge in [0.25, 0.3) is 0 Å². The van der Waals surface area contributed by atoms with E-state index in [9.17, 15) is 4.79 Å². The molecule has 0 bridgehead atoms. The van der Waals surface area contributed by atoms with E-state index in [4.69, 9.17) is 4.74 Å².